The highest BCUT2D eigenvalue weighted by Gasteiger charge is 2.36. The maximum absolute atomic E-state index is 12.5. The Hall–Kier alpha value is -1.88. The molecule has 0 unspecified atom stereocenters. The predicted molar refractivity (Wildman–Crippen MR) is 81.5 cm³/mol. The van der Waals surface area contributed by atoms with E-state index in [0.29, 0.717) is 6.42 Å². The van der Waals surface area contributed by atoms with E-state index in [0.717, 1.165) is 31.5 Å². The van der Waals surface area contributed by atoms with E-state index in [1.807, 2.05) is 37.3 Å². The van der Waals surface area contributed by atoms with Crippen LogP contribution in [0.2, 0.25) is 0 Å². The van der Waals surface area contributed by atoms with Crippen molar-refractivity contribution in [2.24, 2.45) is 11.1 Å². The van der Waals surface area contributed by atoms with E-state index < -0.39 is 17.4 Å². The Morgan fingerprint density at radius 3 is 2.48 bits per heavy atom. The van der Waals surface area contributed by atoms with Crippen LogP contribution in [0.5, 0.6) is 0 Å². The van der Waals surface area contributed by atoms with E-state index in [2.05, 4.69) is 10.6 Å². The van der Waals surface area contributed by atoms with Crippen LogP contribution in [0, 0.1) is 5.41 Å². The molecule has 5 nitrogen and oxygen atoms in total. The molecule has 0 spiro atoms. The zero-order valence-electron chi connectivity index (χ0n) is 12.4. The Labute approximate surface area is 125 Å². The molecule has 4 N–H and O–H groups in total. The molecule has 1 aliphatic rings. The molecule has 2 amide bonds. The molecular weight excluding hydrogens is 266 g/mol. The van der Waals surface area contributed by atoms with Crippen molar-refractivity contribution in [3.63, 3.8) is 0 Å². The molecule has 2 rings (SSSR count). The molecule has 0 saturated carbocycles. The van der Waals surface area contributed by atoms with Crippen LogP contribution in [-0.4, -0.2) is 30.9 Å². The number of benzene rings is 1. The molecule has 1 fully saturated rings. The molecule has 0 radical (unpaired) electrons. The number of piperidine rings is 1. The van der Waals surface area contributed by atoms with Crippen molar-refractivity contribution in [1.29, 1.82) is 0 Å². The summed E-state index contributed by atoms with van der Waals surface area (Å²) in [5.41, 5.74) is 6.00. The average molecular weight is 289 g/mol. The lowest BCUT2D eigenvalue weighted by molar-refractivity contribution is -0.135. The van der Waals surface area contributed by atoms with Gasteiger partial charge in [-0.3, -0.25) is 9.59 Å². The molecular formula is C16H23N3O2. The fraction of sp³-hybridized carbons (Fsp3) is 0.500. The van der Waals surface area contributed by atoms with Crippen LogP contribution in [-0.2, 0) is 16.0 Å². The third-order valence-corrected chi connectivity index (χ3v) is 4.19. The normalized spacial score (nSPS) is 18.7. The summed E-state index contributed by atoms with van der Waals surface area (Å²) in [7, 11) is 0. The molecule has 1 aromatic carbocycles. The number of rotatable bonds is 5. The van der Waals surface area contributed by atoms with Gasteiger partial charge < -0.3 is 16.4 Å². The van der Waals surface area contributed by atoms with Crippen molar-refractivity contribution in [2.75, 3.05) is 13.1 Å². The largest absolute Gasteiger partial charge is 0.368 e. The van der Waals surface area contributed by atoms with Crippen molar-refractivity contribution in [3.05, 3.63) is 35.9 Å². The first-order chi connectivity index (χ1) is 10.0. The highest BCUT2D eigenvalue weighted by Crippen LogP contribution is 2.28. The number of carbonyl (C=O) groups excluding carboxylic acids is 2. The van der Waals surface area contributed by atoms with Crippen LogP contribution >= 0.6 is 0 Å². The summed E-state index contributed by atoms with van der Waals surface area (Å²) in [5, 5.41) is 6.07. The second kappa shape index (κ2) is 6.72. The molecule has 0 bridgehead atoms. The SMILES string of the molecule is CC1(C(=O)N[C@@H](Cc2ccccc2)C(N)=O)CCNCC1. The minimum absolute atomic E-state index is 0.0799. The number of nitrogens with two attached hydrogens (primary N) is 1. The van der Waals surface area contributed by atoms with Crippen LogP contribution in [0.1, 0.15) is 25.3 Å². The third-order valence-electron chi connectivity index (χ3n) is 4.19. The van der Waals surface area contributed by atoms with Crippen molar-refractivity contribution in [2.45, 2.75) is 32.2 Å². The van der Waals surface area contributed by atoms with E-state index in [4.69, 9.17) is 5.73 Å². The zero-order valence-corrected chi connectivity index (χ0v) is 12.4. The predicted octanol–water partition coefficient (Wildman–Crippen LogP) is 0.589. The van der Waals surface area contributed by atoms with E-state index in [-0.39, 0.29) is 5.91 Å². The monoisotopic (exact) mass is 289 g/mol. The second-order valence-corrected chi connectivity index (χ2v) is 5.93. The fourth-order valence-electron chi connectivity index (χ4n) is 2.61. The molecule has 1 saturated heterocycles. The Kier molecular flexibility index (Phi) is 4.96. The van der Waals surface area contributed by atoms with Gasteiger partial charge in [0.2, 0.25) is 11.8 Å². The van der Waals surface area contributed by atoms with Gasteiger partial charge in [-0.15, -0.1) is 0 Å². The first kappa shape index (κ1) is 15.5. The summed E-state index contributed by atoms with van der Waals surface area (Å²) in [4.78, 5) is 24.1. The summed E-state index contributed by atoms with van der Waals surface area (Å²) in [5.74, 6) is -0.575. The summed E-state index contributed by atoms with van der Waals surface area (Å²) in [6.07, 6.45) is 1.97. The number of primary amides is 1. The standard InChI is InChI=1S/C16H23N3O2/c1-16(7-9-18-10-8-16)15(21)19-13(14(17)20)11-12-5-3-2-4-6-12/h2-6,13,18H,7-11H2,1H3,(H2,17,20)(H,19,21)/t13-/m0/s1. The quantitative estimate of drug-likeness (QED) is 0.741. The second-order valence-electron chi connectivity index (χ2n) is 5.93. The van der Waals surface area contributed by atoms with Crippen LogP contribution in [0.15, 0.2) is 30.3 Å². The van der Waals surface area contributed by atoms with Crippen molar-refractivity contribution in [1.82, 2.24) is 10.6 Å². The van der Waals surface area contributed by atoms with Crippen LogP contribution in [0.25, 0.3) is 0 Å². The van der Waals surface area contributed by atoms with Crippen molar-refractivity contribution < 1.29 is 9.59 Å². The molecule has 1 atom stereocenters. The lowest BCUT2D eigenvalue weighted by atomic mass is 9.80. The van der Waals surface area contributed by atoms with Crippen molar-refractivity contribution >= 4 is 11.8 Å². The highest BCUT2D eigenvalue weighted by molar-refractivity contribution is 5.89. The molecule has 1 aromatic rings. The highest BCUT2D eigenvalue weighted by atomic mass is 16.2. The smallest absolute Gasteiger partial charge is 0.240 e. The van der Waals surface area contributed by atoms with E-state index in [1.165, 1.54) is 0 Å². The van der Waals surface area contributed by atoms with Gasteiger partial charge in [-0.2, -0.15) is 0 Å². The van der Waals surface area contributed by atoms with E-state index in [1.54, 1.807) is 0 Å². The first-order valence-corrected chi connectivity index (χ1v) is 7.36. The molecule has 0 aromatic heterocycles. The number of nitrogens with one attached hydrogen (secondary N) is 2. The number of amides is 2. The Morgan fingerprint density at radius 2 is 1.90 bits per heavy atom. The summed E-state index contributed by atoms with van der Waals surface area (Å²) in [6.45, 7) is 3.59. The molecule has 0 aliphatic carbocycles. The minimum atomic E-state index is -0.661. The van der Waals surface area contributed by atoms with Gasteiger partial charge in [-0.25, -0.2) is 0 Å². The van der Waals surface area contributed by atoms with Crippen LogP contribution < -0.4 is 16.4 Å². The van der Waals surface area contributed by atoms with Crippen molar-refractivity contribution in [3.8, 4) is 0 Å². The van der Waals surface area contributed by atoms with Gasteiger partial charge in [0, 0.05) is 11.8 Å². The Morgan fingerprint density at radius 1 is 1.29 bits per heavy atom. The number of carbonyl (C=O) groups is 2. The van der Waals surface area contributed by atoms with Gasteiger partial charge in [0.15, 0.2) is 0 Å². The Balaban J connectivity index is 2.02. The zero-order chi connectivity index (χ0) is 15.3. The molecule has 21 heavy (non-hydrogen) atoms. The first-order valence-electron chi connectivity index (χ1n) is 7.36. The van der Waals surface area contributed by atoms with Gasteiger partial charge in [0.1, 0.15) is 6.04 Å². The number of hydrogen-bond donors (Lipinski definition) is 3. The number of hydrogen-bond acceptors (Lipinski definition) is 3. The average Bonchev–Trinajstić information content (AvgIpc) is 2.48. The molecule has 1 heterocycles. The topological polar surface area (TPSA) is 84.2 Å². The molecule has 5 heteroatoms. The maximum atomic E-state index is 12.5. The Bertz CT molecular complexity index is 496. The fourth-order valence-corrected chi connectivity index (χ4v) is 2.61. The summed E-state index contributed by atoms with van der Waals surface area (Å²) < 4.78 is 0. The minimum Gasteiger partial charge on any atom is -0.368 e. The third kappa shape index (κ3) is 4.04. The van der Waals surface area contributed by atoms with Gasteiger partial charge in [-0.05, 0) is 31.5 Å². The van der Waals surface area contributed by atoms with Gasteiger partial charge >= 0.3 is 0 Å². The summed E-state index contributed by atoms with van der Waals surface area (Å²) in [6, 6.07) is 8.92. The van der Waals surface area contributed by atoms with Crippen LogP contribution in [0.4, 0.5) is 0 Å². The van der Waals surface area contributed by atoms with E-state index in [9.17, 15) is 9.59 Å². The summed E-state index contributed by atoms with van der Waals surface area (Å²) >= 11 is 0. The van der Waals surface area contributed by atoms with E-state index >= 15 is 0 Å². The molecule has 114 valence electrons. The van der Waals surface area contributed by atoms with Gasteiger partial charge in [0.05, 0.1) is 0 Å². The van der Waals surface area contributed by atoms with Crippen LogP contribution in [0.3, 0.4) is 0 Å². The van der Waals surface area contributed by atoms with Gasteiger partial charge in [0.25, 0.3) is 0 Å². The lowest BCUT2D eigenvalue weighted by Gasteiger charge is -2.33. The van der Waals surface area contributed by atoms with Gasteiger partial charge in [-0.1, -0.05) is 37.3 Å². The molecule has 1 aliphatic heterocycles. The lowest BCUT2D eigenvalue weighted by Crippen LogP contribution is -2.53. The maximum Gasteiger partial charge on any atom is 0.240 e.